The average Bonchev–Trinajstić information content (AvgIpc) is 2.64. The molecule has 0 radical (unpaired) electrons. The maximum absolute atomic E-state index is 5.46. The van der Waals surface area contributed by atoms with Crippen LogP contribution in [0.2, 0.25) is 0 Å². The van der Waals surface area contributed by atoms with Crippen LogP contribution in [-0.2, 0) is 0 Å². The Morgan fingerprint density at radius 1 is 1.18 bits per heavy atom. The van der Waals surface area contributed by atoms with Crippen LogP contribution in [0.5, 0.6) is 0 Å². The summed E-state index contributed by atoms with van der Waals surface area (Å²) >= 11 is 5.46. The highest BCUT2D eigenvalue weighted by molar-refractivity contribution is 7.71. The summed E-state index contributed by atoms with van der Waals surface area (Å²) in [7, 11) is 0. The molecule has 0 amide bonds. The van der Waals surface area contributed by atoms with E-state index >= 15 is 0 Å². The Morgan fingerprint density at radius 3 is 2.47 bits per heavy atom. The van der Waals surface area contributed by atoms with Crippen molar-refractivity contribution in [2.24, 2.45) is 0 Å². The first-order valence-electron chi connectivity index (χ1n) is 6.47. The minimum absolute atomic E-state index is 0.536. The number of H-pyrrole nitrogens is 1. The molecule has 1 heterocycles. The molecule has 2 nitrogen and oxygen atoms in total. The Balaban J connectivity index is 2.51. The molecular weight excluding hydrogens is 228 g/mol. The van der Waals surface area contributed by atoms with Gasteiger partial charge in [-0.25, -0.2) is 0 Å². The molecule has 0 aliphatic heterocycles. The molecule has 17 heavy (non-hydrogen) atoms. The predicted molar refractivity (Wildman–Crippen MR) is 76.0 cm³/mol. The lowest BCUT2D eigenvalue weighted by atomic mass is 10.1. The lowest BCUT2D eigenvalue weighted by molar-refractivity contribution is 0.432. The Bertz CT molecular complexity index is 532. The number of nitrogens with one attached hydrogen (secondary N) is 1. The van der Waals surface area contributed by atoms with Crippen LogP contribution in [-0.4, -0.2) is 9.55 Å². The zero-order valence-electron chi connectivity index (χ0n) is 10.6. The Kier molecular flexibility index (Phi) is 4.00. The summed E-state index contributed by atoms with van der Waals surface area (Å²) in [6.07, 6.45) is 4.80. The van der Waals surface area contributed by atoms with Gasteiger partial charge in [-0.3, -0.25) is 0 Å². The van der Waals surface area contributed by atoms with E-state index in [0.717, 1.165) is 10.3 Å². The molecule has 0 atom stereocenters. The third-order valence-electron chi connectivity index (χ3n) is 3.23. The quantitative estimate of drug-likeness (QED) is 0.751. The Morgan fingerprint density at radius 2 is 1.82 bits per heavy atom. The van der Waals surface area contributed by atoms with Gasteiger partial charge in [0.1, 0.15) is 0 Å². The van der Waals surface area contributed by atoms with Gasteiger partial charge in [0, 0.05) is 6.04 Å². The number of aromatic nitrogens is 2. The standard InChI is InChI=1S/C14H20N2S/c1-3-7-11(8-4-2)16-13-10-6-5-9-12(13)15-14(16)17/h5-6,9-11H,3-4,7-8H2,1-2H3,(H,15,17). The fourth-order valence-electron chi connectivity index (χ4n) is 2.51. The van der Waals surface area contributed by atoms with E-state index in [-0.39, 0.29) is 0 Å². The van der Waals surface area contributed by atoms with Gasteiger partial charge in [0.25, 0.3) is 0 Å². The van der Waals surface area contributed by atoms with Crippen molar-refractivity contribution in [3.05, 3.63) is 29.0 Å². The molecule has 92 valence electrons. The van der Waals surface area contributed by atoms with Gasteiger partial charge in [-0.1, -0.05) is 38.8 Å². The largest absolute Gasteiger partial charge is 0.331 e. The number of imidazole rings is 1. The van der Waals surface area contributed by atoms with E-state index in [9.17, 15) is 0 Å². The lowest BCUT2D eigenvalue weighted by Crippen LogP contribution is -2.08. The number of aromatic amines is 1. The molecule has 0 fully saturated rings. The van der Waals surface area contributed by atoms with Gasteiger partial charge >= 0.3 is 0 Å². The first-order valence-corrected chi connectivity index (χ1v) is 6.88. The number of para-hydroxylation sites is 2. The number of fused-ring (bicyclic) bond motifs is 1. The Hall–Kier alpha value is -1.09. The van der Waals surface area contributed by atoms with Crippen LogP contribution in [0.3, 0.4) is 0 Å². The second-order valence-corrected chi connectivity index (χ2v) is 4.94. The van der Waals surface area contributed by atoms with Crippen LogP contribution in [0, 0.1) is 4.77 Å². The van der Waals surface area contributed by atoms with Crippen molar-refractivity contribution in [1.29, 1.82) is 0 Å². The summed E-state index contributed by atoms with van der Waals surface area (Å²) in [4.78, 5) is 3.30. The molecule has 0 unspecified atom stereocenters. The van der Waals surface area contributed by atoms with Crippen LogP contribution in [0.15, 0.2) is 24.3 Å². The third-order valence-corrected chi connectivity index (χ3v) is 3.53. The smallest absolute Gasteiger partial charge is 0.178 e. The molecule has 0 aliphatic carbocycles. The fourth-order valence-corrected chi connectivity index (χ4v) is 2.86. The molecule has 0 saturated heterocycles. The van der Waals surface area contributed by atoms with Gasteiger partial charge in [0.15, 0.2) is 4.77 Å². The molecule has 0 saturated carbocycles. The first kappa shape index (κ1) is 12.4. The highest BCUT2D eigenvalue weighted by Gasteiger charge is 2.13. The Labute approximate surface area is 108 Å². The lowest BCUT2D eigenvalue weighted by Gasteiger charge is -2.18. The van der Waals surface area contributed by atoms with Gasteiger partial charge in [0.05, 0.1) is 11.0 Å². The number of rotatable bonds is 5. The van der Waals surface area contributed by atoms with E-state index in [1.165, 1.54) is 31.2 Å². The van der Waals surface area contributed by atoms with Gasteiger partial charge in [-0.2, -0.15) is 0 Å². The molecule has 2 rings (SSSR count). The van der Waals surface area contributed by atoms with Crippen molar-refractivity contribution in [1.82, 2.24) is 9.55 Å². The normalized spacial score (nSPS) is 11.5. The van der Waals surface area contributed by atoms with Crippen LogP contribution in [0.1, 0.15) is 45.6 Å². The summed E-state index contributed by atoms with van der Waals surface area (Å²) in [5, 5.41) is 0. The molecule has 0 aliphatic rings. The van der Waals surface area contributed by atoms with Crippen molar-refractivity contribution in [3.8, 4) is 0 Å². The van der Waals surface area contributed by atoms with Gasteiger partial charge < -0.3 is 9.55 Å². The van der Waals surface area contributed by atoms with E-state index in [4.69, 9.17) is 12.2 Å². The second-order valence-electron chi connectivity index (χ2n) is 4.55. The van der Waals surface area contributed by atoms with Crippen LogP contribution >= 0.6 is 12.2 Å². The number of benzene rings is 1. The maximum Gasteiger partial charge on any atom is 0.178 e. The number of hydrogen-bond donors (Lipinski definition) is 1. The van der Waals surface area contributed by atoms with E-state index < -0.39 is 0 Å². The van der Waals surface area contributed by atoms with E-state index in [2.05, 4.69) is 41.6 Å². The number of hydrogen-bond acceptors (Lipinski definition) is 1. The van der Waals surface area contributed by atoms with E-state index in [0.29, 0.717) is 6.04 Å². The number of nitrogens with zero attached hydrogens (tertiary/aromatic N) is 1. The predicted octanol–water partition coefficient (Wildman–Crippen LogP) is 4.84. The second kappa shape index (κ2) is 5.50. The molecular formula is C14H20N2S. The van der Waals surface area contributed by atoms with E-state index in [1.807, 2.05) is 6.07 Å². The summed E-state index contributed by atoms with van der Waals surface area (Å²) in [5.41, 5.74) is 2.39. The molecule has 0 bridgehead atoms. The van der Waals surface area contributed by atoms with Crippen LogP contribution in [0.4, 0.5) is 0 Å². The van der Waals surface area contributed by atoms with Crippen molar-refractivity contribution >= 4 is 23.3 Å². The fraction of sp³-hybridized carbons (Fsp3) is 0.500. The third kappa shape index (κ3) is 2.44. The monoisotopic (exact) mass is 248 g/mol. The van der Waals surface area contributed by atoms with Gasteiger partial charge in [-0.15, -0.1) is 0 Å². The molecule has 1 N–H and O–H groups in total. The molecule has 1 aromatic carbocycles. The van der Waals surface area contributed by atoms with Gasteiger partial charge in [-0.05, 0) is 37.2 Å². The van der Waals surface area contributed by atoms with Crippen molar-refractivity contribution in [3.63, 3.8) is 0 Å². The highest BCUT2D eigenvalue weighted by atomic mass is 32.1. The summed E-state index contributed by atoms with van der Waals surface area (Å²) in [5.74, 6) is 0. The molecule has 1 aromatic heterocycles. The van der Waals surface area contributed by atoms with Gasteiger partial charge in [0.2, 0.25) is 0 Å². The topological polar surface area (TPSA) is 20.7 Å². The zero-order valence-corrected chi connectivity index (χ0v) is 11.4. The van der Waals surface area contributed by atoms with Crippen molar-refractivity contribution < 1.29 is 0 Å². The minimum atomic E-state index is 0.536. The van der Waals surface area contributed by atoms with Crippen molar-refractivity contribution in [2.45, 2.75) is 45.6 Å². The average molecular weight is 248 g/mol. The summed E-state index contributed by atoms with van der Waals surface area (Å²) < 4.78 is 3.16. The summed E-state index contributed by atoms with van der Waals surface area (Å²) in [6, 6.07) is 8.91. The molecule has 0 spiro atoms. The molecule has 3 heteroatoms. The molecule has 2 aromatic rings. The zero-order chi connectivity index (χ0) is 12.3. The van der Waals surface area contributed by atoms with Crippen LogP contribution < -0.4 is 0 Å². The highest BCUT2D eigenvalue weighted by Crippen LogP contribution is 2.25. The van der Waals surface area contributed by atoms with Crippen molar-refractivity contribution in [2.75, 3.05) is 0 Å². The first-order chi connectivity index (χ1) is 8.27. The van der Waals surface area contributed by atoms with E-state index in [1.54, 1.807) is 0 Å². The minimum Gasteiger partial charge on any atom is -0.331 e. The summed E-state index contributed by atoms with van der Waals surface area (Å²) in [6.45, 7) is 4.47. The SMILES string of the molecule is CCCC(CCC)n1c(=S)[nH]c2ccccc21. The van der Waals surface area contributed by atoms with Crippen LogP contribution in [0.25, 0.3) is 11.0 Å². The maximum atomic E-state index is 5.46.